The molecule has 4 saturated carbocycles. The third-order valence-electron chi connectivity index (χ3n) is 8.69. The Kier molecular flexibility index (Phi) is 3.18. The maximum atomic E-state index is 11.0. The Morgan fingerprint density at radius 3 is 2.59 bits per heavy atom. The molecule has 4 fully saturated rings. The van der Waals surface area contributed by atoms with E-state index >= 15 is 0 Å². The van der Waals surface area contributed by atoms with Gasteiger partial charge < -0.3 is 10.2 Å². The minimum atomic E-state index is -0.190. The van der Waals surface area contributed by atoms with E-state index in [1.54, 1.807) is 0 Å². The zero-order valence-electron chi connectivity index (χ0n) is 14.3. The van der Waals surface area contributed by atoms with E-state index in [2.05, 4.69) is 20.4 Å². The Labute approximate surface area is 135 Å². The first kappa shape index (κ1) is 15.2. The van der Waals surface area contributed by atoms with Crippen LogP contribution in [-0.2, 0) is 0 Å². The molecule has 124 valence electrons. The van der Waals surface area contributed by atoms with Crippen LogP contribution in [0.2, 0.25) is 0 Å². The molecule has 0 aromatic heterocycles. The Hall–Kier alpha value is -0.340. The minimum Gasteiger partial charge on any atom is -0.396 e. The zero-order chi connectivity index (χ0) is 15.8. The van der Waals surface area contributed by atoms with Crippen molar-refractivity contribution in [3.63, 3.8) is 0 Å². The molecule has 4 aliphatic rings. The lowest BCUT2D eigenvalue weighted by Gasteiger charge is -2.65. The van der Waals surface area contributed by atoms with Gasteiger partial charge in [0.25, 0.3) is 0 Å². The third kappa shape index (κ3) is 1.69. The molecule has 7 unspecified atom stereocenters. The summed E-state index contributed by atoms with van der Waals surface area (Å²) in [5.74, 6) is 1.84. The molecule has 7 atom stereocenters. The molecular formula is C20H32O2. The number of hydrogen-bond donors (Lipinski definition) is 2. The van der Waals surface area contributed by atoms with Crippen LogP contribution in [0, 0.1) is 34.0 Å². The largest absolute Gasteiger partial charge is 0.396 e. The molecule has 2 bridgehead atoms. The van der Waals surface area contributed by atoms with E-state index in [9.17, 15) is 10.2 Å². The number of rotatable bonds is 1. The van der Waals surface area contributed by atoms with E-state index in [1.165, 1.54) is 44.1 Å². The average Bonchev–Trinajstić information content (AvgIpc) is 2.73. The van der Waals surface area contributed by atoms with Crippen molar-refractivity contribution in [1.82, 2.24) is 0 Å². The van der Waals surface area contributed by atoms with Crippen molar-refractivity contribution in [3.8, 4) is 0 Å². The fraction of sp³-hybridized carbons (Fsp3) is 0.900. The van der Waals surface area contributed by atoms with Crippen LogP contribution < -0.4 is 0 Å². The van der Waals surface area contributed by atoms with Gasteiger partial charge in [-0.15, -0.1) is 0 Å². The highest BCUT2D eigenvalue weighted by molar-refractivity contribution is 5.23. The van der Waals surface area contributed by atoms with Gasteiger partial charge in [-0.2, -0.15) is 0 Å². The van der Waals surface area contributed by atoms with E-state index in [-0.39, 0.29) is 23.5 Å². The number of aliphatic hydroxyl groups excluding tert-OH is 2. The number of fused-ring (bicyclic) bond motifs is 3. The summed E-state index contributed by atoms with van der Waals surface area (Å²) in [4.78, 5) is 0. The number of hydrogen-bond acceptors (Lipinski definition) is 2. The smallest absolute Gasteiger partial charge is 0.0599 e. The molecule has 0 amide bonds. The summed E-state index contributed by atoms with van der Waals surface area (Å²) in [6.07, 6.45) is 9.17. The normalized spacial score (nSPS) is 57.4. The van der Waals surface area contributed by atoms with Crippen molar-refractivity contribution in [2.24, 2.45) is 34.0 Å². The van der Waals surface area contributed by atoms with Gasteiger partial charge in [0.05, 0.1) is 6.10 Å². The molecule has 0 radical (unpaired) electrons. The van der Waals surface area contributed by atoms with Crippen molar-refractivity contribution in [2.45, 2.75) is 71.3 Å². The van der Waals surface area contributed by atoms with E-state index in [0.717, 1.165) is 18.8 Å². The van der Waals surface area contributed by atoms with E-state index in [0.29, 0.717) is 17.3 Å². The highest BCUT2D eigenvalue weighted by Crippen LogP contribution is 2.72. The van der Waals surface area contributed by atoms with E-state index in [4.69, 9.17) is 0 Å². The first-order valence-corrected chi connectivity index (χ1v) is 9.32. The quantitative estimate of drug-likeness (QED) is 0.721. The second kappa shape index (κ2) is 4.60. The van der Waals surface area contributed by atoms with Gasteiger partial charge in [-0.25, -0.2) is 0 Å². The molecule has 4 rings (SSSR count). The van der Waals surface area contributed by atoms with Crippen LogP contribution in [0.25, 0.3) is 0 Å². The fourth-order valence-corrected chi connectivity index (χ4v) is 7.58. The second-order valence-electron chi connectivity index (χ2n) is 9.55. The SMILES string of the molecule is C=C1CC23CCC4C(C)(CO)CCC(O)C4(C)C2CCC1C3. The third-order valence-corrected chi connectivity index (χ3v) is 8.69. The lowest BCUT2D eigenvalue weighted by atomic mass is 9.40. The Morgan fingerprint density at radius 1 is 1.09 bits per heavy atom. The maximum Gasteiger partial charge on any atom is 0.0599 e. The molecule has 1 spiro atoms. The topological polar surface area (TPSA) is 40.5 Å². The lowest BCUT2D eigenvalue weighted by molar-refractivity contribution is -0.209. The molecule has 0 heterocycles. The van der Waals surface area contributed by atoms with Gasteiger partial charge in [-0.05, 0) is 80.0 Å². The standard InChI is InChI=1S/C20H32O2/c1-13-10-20-9-6-15-18(2,12-21)8-7-17(22)19(15,3)16(20)5-4-14(13)11-20/h14-17,21-22H,1,4-12H2,2-3H3. The first-order valence-electron chi connectivity index (χ1n) is 9.32. The molecule has 0 aliphatic heterocycles. The Morgan fingerprint density at radius 2 is 1.86 bits per heavy atom. The second-order valence-corrected chi connectivity index (χ2v) is 9.55. The first-order chi connectivity index (χ1) is 10.4. The molecule has 0 aromatic rings. The summed E-state index contributed by atoms with van der Waals surface area (Å²) in [5, 5.41) is 21.1. The number of allylic oxidation sites excluding steroid dienone is 1. The summed E-state index contributed by atoms with van der Waals surface area (Å²) >= 11 is 0. The Bertz CT molecular complexity index is 500. The Balaban J connectivity index is 1.77. The van der Waals surface area contributed by atoms with Crippen LogP contribution in [0.3, 0.4) is 0 Å². The molecule has 0 aromatic carbocycles. The van der Waals surface area contributed by atoms with Gasteiger partial charge in [-0.1, -0.05) is 26.0 Å². The van der Waals surface area contributed by atoms with Crippen molar-refractivity contribution >= 4 is 0 Å². The van der Waals surface area contributed by atoms with Crippen LogP contribution in [0.1, 0.15) is 65.2 Å². The predicted molar refractivity (Wildman–Crippen MR) is 88.3 cm³/mol. The van der Waals surface area contributed by atoms with Crippen molar-refractivity contribution in [2.75, 3.05) is 6.61 Å². The molecule has 22 heavy (non-hydrogen) atoms. The summed E-state index contributed by atoms with van der Waals surface area (Å²) in [7, 11) is 0. The van der Waals surface area contributed by atoms with E-state index in [1.807, 2.05) is 0 Å². The summed E-state index contributed by atoms with van der Waals surface area (Å²) in [6, 6.07) is 0. The maximum absolute atomic E-state index is 11.0. The lowest BCUT2D eigenvalue weighted by Crippen LogP contribution is -2.62. The van der Waals surface area contributed by atoms with Crippen molar-refractivity contribution in [1.29, 1.82) is 0 Å². The predicted octanol–water partition coefficient (Wildman–Crippen LogP) is 3.92. The monoisotopic (exact) mass is 304 g/mol. The van der Waals surface area contributed by atoms with Gasteiger partial charge in [-0.3, -0.25) is 0 Å². The molecule has 2 N–H and O–H groups in total. The van der Waals surface area contributed by atoms with Gasteiger partial charge in [0.2, 0.25) is 0 Å². The zero-order valence-corrected chi connectivity index (χ0v) is 14.3. The van der Waals surface area contributed by atoms with Crippen molar-refractivity contribution < 1.29 is 10.2 Å². The highest BCUT2D eigenvalue weighted by Gasteiger charge is 2.66. The van der Waals surface area contributed by atoms with Crippen LogP contribution in [-0.4, -0.2) is 22.9 Å². The summed E-state index contributed by atoms with van der Waals surface area (Å²) in [6.45, 7) is 9.27. The molecule has 4 aliphatic carbocycles. The van der Waals surface area contributed by atoms with Gasteiger partial charge >= 0.3 is 0 Å². The average molecular weight is 304 g/mol. The molecule has 2 heteroatoms. The fourth-order valence-electron chi connectivity index (χ4n) is 7.58. The summed E-state index contributed by atoms with van der Waals surface area (Å²) < 4.78 is 0. The van der Waals surface area contributed by atoms with Crippen molar-refractivity contribution in [3.05, 3.63) is 12.2 Å². The summed E-state index contributed by atoms with van der Waals surface area (Å²) in [5.41, 5.74) is 1.89. The van der Waals surface area contributed by atoms with Gasteiger partial charge in [0, 0.05) is 12.0 Å². The number of aliphatic hydroxyl groups is 2. The molecule has 2 nitrogen and oxygen atoms in total. The van der Waals surface area contributed by atoms with Crippen LogP contribution >= 0.6 is 0 Å². The van der Waals surface area contributed by atoms with Gasteiger partial charge in [0.15, 0.2) is 0 Å². The van der Waals surface area contributed by atoms with Crippen LogP contribution in [0.4, 0.5) is 0 Å². The van der Waals surface area contributed by atoms with Crippen LogP contribution in [0.5, 0.6) is 0 Å². The molecule has 0 saturated heterocycles. The minimum absolute atomic E-state index is 0.00204. The van der Waals surface area contributed by atoms with E-state index < -0.39 is 0 Å². The van der Waals surface area contributed by atoms with Crippen LogP contribution in [0.15, 0.2) is 12.2 Å². The highest BCUT2D eigenvalue weighted by atomic mass is 16.3. The van der Waals surface area contributed by atoms with Gasteiger partial charge in [0.1, 0.15) is 0 Å². The molecular weight excluding hydrogens is 272 g/mol.